The zero-order chi connectivity index (χ0) is 21.0. The van der Waals surface area contributed by atoms with E-state index in [1.54, 1.807) is 7.11 Å². The highest BCUT2D eigenvalue weighted by Gasteiger charge is 2.55. The van der Waals surface area contributed by atoms with Crippen LogP contribution in [0.25, 0.3) is 10.5 Å². The molecule has 0 unspecified atom stereocenters. The predicted molar refractivity (Wildman–Crippen MR) is 118 cm³/mol. The molecule has 0 aromatic heterocycles. The van der Waals surface area contributed by atoms with Gasteiger partial charge in [0.05, 0.1) is 19.4 Å². The number of ether oxygens (including phenoxy) is 1. The van der Waals surface area contributed by atoms with Gasteiger partial charge >= 0.3 is 11.4 Å². The fourth-order valence-corrected chi connectivity index (χ4v) is 3.94. The van der Waals surface area contributed by atoms with Gasteiger partial charge < -0.3 is 10.1 Å². The lowest BCUT2D eigenvalue weighted by atomic mass is 9.72. The highest BCUT2D eigenvalue weighted by molar-refractivity contribution is 5.99. The maximum atomic E-state index is 13.5. The summed E-state index contributed by atoms with van der Waals surface area (Å²) in [6.45, 7) is 8.06. The number of amides is 1. The van der Waals surface area contributed by atoms with Crippen LogP contribution in [0.4, 0.5) is 0 Å². The first-order valence-corrected chi connectivity index (χ1v) is 9.81. The van der Waals surface area contributed by atoms with Crippen LogP contribution in [0.15, 0.2) is 91.0 Å². The largest absolute Gasteiger partial charge is 0.497 e. The van der Waals surface area contributed by atoms with E-state index in [1.807, 2.05) is 91.0 Å². The van der Waals surface area contributed by atoms with Gasteiger partial charge in [-0.15, -0.1) is 0 Å². The fourth-order valence-electron chi connectivity index (χ4n) is 3.94. The number of nitrogens with zero attached hydrogens (tertiary/aromatic N) is 1. The topological polar surface area (TPSA) is 42.7 Å². The smallest absolute Gasteiger partial charge is 0.323 e. The van der Waals surface area contributed by atoms with Crippen molar-refractivity contribution in [1.29, 1.82) is 0 Å². The van der Waals surface area contributed by atoms with Crippen molar-refractivity contribution >= 4 is 11.6 Å². The molecule has 1 amide bonds. The summed E-state index contributed by atoms with van der Waals surface area (Å²) < 4.78 is 5.29. The second-order valence-electron chi connectivity index (χ2n) is 7.35. The molecule has 4 nitrogen and oxygen atoms in total. The normalized spacial score (nSPS) is 20.6. The first kappa shape index (κ1) is 19.5. The van der Waals surface area contributed by atoms with Crippen molar-refractivity contribution in [3.63, 3.8) is 0 Å². The van der Waals surface area contributed by atoms with Crippen molar-refractivity contribution in [2.75, 3.05) is 7.11 Å². The summed E-state index contributed by atoms with van der Waals surface area (Å²) in [7, 11) is 1.62. The lowest BCUT2D eigenvalue weighted by Gasteiger charge is -2.33. The van der Waals surface area contributed by atoms with Crippen LogP contribution in [0.1, 0.15) is 22.6 Å². The Balaban J connectivity index is 1.85. The van der Waals surface area contributed by atoms with Crippen LogP contribution in [0, 0.1) is 6.57 Å². The second-order valence-corrected chi connectivity index (χ2v) is 7.35. The van der Waals surface area contributed by atoms with Crippen LogP contribution in [0.3, 0.4) is 0 Å². The predicted octanol–water partition coefficient (Wildman–Crippen LogP) is 4.85. The third-order valence-electron chi connectivity index (χ3n) is 5.56. The lowest BCUT2D eigenvalue weighted by molar-refractivity contribution is -0.124. The van der Waals surface area contributed by atoms with Gasteiger partial charge in [-0.2, -0.15) is 0 Å². The van der Waals surface area contributed by atoms with Crippen LogP contribution in [-0.2, 0) is 11.2 Å². The van der Waals surface area contributed by atoms with Crippen molar-refractivity contribution in [1.82, 2.24) is 5.32 Å². The molecule has 3 aromatic carbocycles. The number of hydrogen-bond donors (Lipinski definition) is 1. The zero-order valence-corrected chi connectivity index (χ0v) is 16.7. The van der Waals surface area contributed by atoms with Gasteiger partial charge in [0.2, 0.25) is 0 Å². The van der Waals surface area contributed by atoms with Crippen molar-refractivity contribution in [2.45, 2.75) is 17.9 Å². The molecule has 0 spiro atoms. The van der Waals surface area contributed by atoms with Gasteiger partial charge in [0.15, 0.2) is 0 Å². The molecule has 3 aromatic rings. The Bertz CT molecular complexity index is 1100. The van der Waals surface area contributed by atoms with Gasteiger partial charge in [-0.3, -0.25) is 9.64 Å². The van der Waals surface area contributed by atoms with E-state index >= 15 is 0 Å². The summed E-state index contributed by atoms with van der Waals surface area (Å²) in [5, 5.41) is 3.00. The van der Waals surface area contributed by atoms with E-state index in [1.165, 1.54) is 0 Å². The quantitative estimate of drug-likeness (QED) is 0.629. The van der Waals surface area contributed by atoms with Crippen LogP contribution in [-0.4, -0.2) is 18.6 Å². The molecule has 1 N–H and O–H groups in total. The monoisotopic (exact) mass is 394 g/mol. The first-order valence-electron chi connectivity index (χ1n) is 9.81. The van der Waals surface area contributed by atoms with E-state index < -0.39 is 11.5 Å². The van der Waals surface area contributed by atoms with Crippen molar-refractivity contribution in [3.8, 4) is 5.75 Å². The summed E-state index contributed by atoms with van der Waals surface area (Å²) in [6, 6.07) is 27.1. The highest BCUT2D eigenvalue weighted by atomic mass is 16.5. The van der Waals surface area contributed by atoms with Gasteiger partial charge in [0, 0.05) is 5.70 Å². The average molecular weight is 394 g/mol. The second kappa shape index (κ2) is 8.26. The molecule has 2 atom stereocenters. The molecule has 1 heterocycles. The molecule has 0 saturated carbocycles. The van der Waals surface area contributed by atoms with Gasteiger partial charge in [0.25, 0.3) is 0 Å². The van der Waals surface area contributed by atoms with Gasteiger partial charge in [-0.25, -0.2) is 6.57 Å². The van der Waals surface area contributed by atoms with E-state index in [9.17, 15) is 4.79 Å². The zero-order valence-electron chi connectivity index (χ0n) is 16.7. The Kier molecular flexibility index (Phi) is 5.36. The number of methoxy groups -OCH3 is 1. The lowest BCUT2D eigenvalue weighted by Crippen LogP contribution is -2.52. The molecule has 4 rings (SSSR count). The molecular formula is C26H22N2O2. The highest BCUT2D eigenvalue weighted by Crippen LogP contribution is 2.41. The number of hydrogen-bond acceptors (Lipinski definition) is 2. The maximum absolute atomic E-state index is 13.5. The molecule has 0 fully saturated rings. The molecule has 148 valence electrons. The fraction of sp³-hybridized carbons (Fsp3) is 0.154. The summed E-state index contributed by atoms with van der Waals surface area (Å²) in [6.07, 6.45) is 2.35. The van der Waals surface area contributed by atoms with Gasteiger partial charge in [-0.05, 0) is 34.9 Å². The number of benzene rings is 3. The standard InChI is InChI=1S/C26H22N2O2/c1-27-26(18-19-9-5-3-6-10-19)23(20-13-15-22(30-2)16-14-20)17-24(28-25(26)29)21-11-7-4-8-12-21/h3-17,23H,18H2,2H3,(H,28,29)/t23-,26+/m0/s1. The maximum Gasteiger partial charge on any atom is 0.323 e. The van der Waals surface area contributed by atoms with Crippen molar-refractivity contribution < 1.29 is 9.53 Å². The number of carbonyl (C=O) groups is 1. The summed E-state index contributed by atoms with van der Waals surface area (Å²) >= 11 is 0. The first-order chi connectivity index (χ1) is 14.7. The SMILES string of the molecule is [C-]#[N+][C@@]1(Cc2ccccc2)C(=O)NC(c2ccccc2)=C[C@H]1c1ccc(OC)cc1. The van der Waals surface area contributed by atoms with Crippen LogP contribution in [0.2, 0.25) is 0 Å². The van der Waals surface area contributed by atoms with Crippen LogP contribution >= 0.6 is 0 Å². The third kappa shape index (κ3) is 3.58. The van der Waals surface area contributed by atoms with E-state index in [0.717, 1.165) is 28.1 Å². The summed E-state index contributed by atoms with van der Waals surface area (Å²) in [4.78, 5) is 17.4. The number of rotatable bonds is 5. The summed E-state index contributed by atoms with van der Waals surface area (Å²) in [5.74, 6) is 0.0661. The Morgan fingerprint density at radius 1 is 0.967 bits per heavy atom. The molecule has 1 aliphatic rings. The minimum absolute atomic E-state index is 0.275. The van der Waals surface area contributed by atoms with Crippen LogP contribution < -0.4 is 10.1 Å². The van der Waals surface area contributed by atoms with Crippen LogP contribution in [0.5, 0.6) is 5.75 Å². The van der Waals surface area contributed by atoms with E-state index in [-0.39, 0.29) is 5.91 Å². The number of carbonyl (C=O) groups excluding carboxylic acids is 1. The Morgan fingerprint density at radius 2 is 1.60 bits per heavy atom. The molecule has 0 saturated heterocycles. The molecule has 1 aliphatic heterocycles. The Labute approximate surface area is 176 Å². The van der Waals surface area contributed by atoms with Crippen molar-refractivity contribution in [3.05, 3.63) is 119 Å². The Hall–Kier alpha value is -3.84. The molecule has 0 bridgehead atoms. The minimum atomic E-state index is -1.27. The van der Waals surface area contributed by atoms with E-state index in [4.69, 9.17) is 11.3 Å². The van der Waals surface area contributed by atoms with E-state index in [0.29, 0.717) is 6.42 Å². The van der Waals surface area contributed by atoms with Gasteiger partial charge in [0.1, 0.15) is 5.75 Å². The molecule has 0 radical (unpaired) electrons. The summed E-state index contributed by atoms with van der Waals surface area (Å²) in [5.41, 5.74) is 2.25. The molecule has 0 aliphatic carbocycles. The minimum Gasteiger partial charge on any atom is -0.497 e. The van der Waals surface area contributed by atoms with Crippen molar-refractivity contribution in [2.24, 2.45) is 0 Å². The average Bonchev–Trinajstić information content (AvgIpc) is 2.81. The molecular weight excluding hydrogens is 372 g/mol. The number of nitrogens with one attached hydrogen (secondary N) is 1. The van der Waals surface area contributed by atoms with Gasteiger partial charge in [-0.1, -0.05) is 72.8 Å². The third-order valence-corrected chi connectivity index (χ3v) is 5.56. The molecule has 4 heteroatoms. The molecule has 30 heavy (non-hydrogen) atoms. The van der Waals surface area contributed by atoms with E-state index in [2.05, 4.69) is 10.2 Å². The Morgan fingerprint density at radius 3 is 2.20 bits per heavy atom.